The van der Waals surface area contributed by atoms with Gasteiger partial charge in [0.05, 0.1) is 19.2 Å². The number of nitrogens with one attached hydrogen (secondary N) is 2. The summed E-state index contributed by atoms with van der Waals surface area (Å²) in [4.78, 5) is 24.6. The number of aromatic nitrogens is 4. The normalized spacial score (nSPS) is 10.8. The summed E-state index contributed by atoms with van der Waals surface area (Å²) in [5.41, 5.74) is 2.36. The number of carbonyl (C=O) groups is 1. The van der Waals surface area contributed by atoms with Crippen molar-refractivity contribution in [3.8, 4) is 17.0 Å². The lowest BCUT2D eigenvalue weighted by Gasteiger charge is -2.09. The topological polar surface area (TPSA) is 101 Å². The smallest absolute Gasteiger partial charge is 0.290 e. The van der Waals surface area contributed by atoms with Crippen LogP contribution in [0, 0.1) is 0 Å². The average molecular weight is 389 g/mol. The zero-order valence-electron chi connectivity index (χ0n) is 15.8. The molecule has 2 aromatic heterocycles. The highest BCUT2D eigenvalue weighted by molar-refractivity contribution is 5.78. The number of para-hydroxylation sites is 1. The van der Waals surface area contributed by atoms with Gasteiger partial charge in [0, 0.05) is 17.7 Å². The molecule has 0 aliphatic heterocycles. The molecule has 0 bridgehead atoms. The Kier molecular flexibility index (Phi) is 5.07. The molecule has 0 atom stereocenters. The van der Waals surface area contributed by atoms with Gasteiger partial charge in [-0.05, 0) is 12.1 Å². The Morgan fingerprint density at radius 1 is 1.14 bits per heavy atom. The third-order valence-electron chi connectivity index (χ3n) is 4.53. The fourth-order valence-electron chi connectivity index (χ4n) is 3.07. The highest BCUT2D eigenvalue weighted by Gasteiger charge is 2.15. The molecule has 0 saturated carbocycles. The Morgan fingerprint density at radius 2 is 1.90 bits per heavy atom. The molecular formula is C21H19N5O3. The monoisotopic (exact) mass is 389 g/mol. The van der Waals surface area contributed by atoms with Crippen molar-refractivity contribution in [2.45, 2.75) is 13.0 Å². The summed E-state index contributed by atoms with van der Waals surface area (Å²) in [5.74, 6) is 0.810. The Labute approximate surface area is 166 Å². The number of amides is 1. The van der Waals surface area contributed by atoms with Crippen molar-refractivity contribution in [1.82, 2.24) is 25.1 Å². The number of carbonyl (C=O) groups excluding carboxylic acids is 1. The number of nitrogens with zero attached hydrogens (tertiary/aromatic N) is 3. The van der Waals surface area contributed by atoms with E-state index >= 15 is 0 Å². The molecule has 146 valence electrons. The molecule has 0 aliphatic carbocycles. The van der Waals surface area contributed by atoms with E-state index in [0.29, 0.717) is 29.3 Å². The van der Waals surface area contributed by atoms with Crippen LogP contribution in [0.15, 0.2) is 65.5 Å². The molecule has 0 aliphatic rings. The number of benzene rings is 2. The average Bonchev–Trinajstić information content (AvgIpc) is 3.22. The van der Waals surface area contributed by atoms with E-state index in [1.165, 1.54) is 4.52 Å². The van der Waals surface area contributed by atoms with Gasteiger partial charge in [-0.1, -0.05) is 48.5 Å². The van der Waals surface area contributed by atoms with Gasteiger partial charge >= 0.3 is 0 Å². The quantitative estimate of drug-likeness (QED) is 0.525. The SMILES string of the molecule is COc1ccccc1CNC(=O)Cc1n[nH]c(=O)c2cc(-c3ccccc3)nn12. The van der Waals surface area contributed by atoms with E-state index in [4.69, 9.17) is 4.74 Å². The highest BCUT2D eigenvalue weighted by atomic mass is 16.5. The summed E-state index contributed by atoms with van der Waals surface area (Å²) >= 11 is 0. The lowest BCUT2D eigenvalue weighted by Crippen LogP contribution is -2.27. The lowest BCUT2D eigenvalue weighted by atomic mass is 10.1. The van der Waals surface area contributed by atoms with E-state index in [1.807, 2.05) is 54.6 Å². The minimum atomic E-state index is -0.363. The van der Waals surface area contributed by atoms with Crippen LogP contribution in [0.25, 0.3) is 16.8 Å². The Balaban J connectivity index is 1.56. The minimum absolute atomic E-state index is 0.0294. The third-order valence-corrected chi connectivity index (χ3v) is 4.53. The molecule has 0 unspecified atom stereocenters. The minimum Gasteiger partial charge on any atom is -0.496 e. The first kappa shape index (κ1) is 18.4. The Hall–Kier alpha value is -3.94. The van der Waals surface area contributed by atoms with Gasteiger partial charge in [-0.15, -0.1) is 0 Å². The molecule has 0 fully saturated rings. The first-order valence-corrected chi connectivity index (χ1v) is 9.07. The molecule has 0 saturated heterocycles. The number of ether oxygens (including phenoxy) is 1. The summed E-state index contributed by atoms with van der Waals surface area (Å²) < 4.78 is 6.71. The molecule has 0 spiro atoms. The maximum absolute atomic E-state index is 12.5. The summed E-state index contributed by atoms with van der Waals surface area (Å²) in [6.45, 7) is 0.323. The van der Waals surface area contributed by atoms with Crippen molar-refractivity contribution in [2.75, 3.05) is 7.11 Å². The van der Waals surface area contributed by atoms with Crippen LogP contribution >= 0.6 is 0 Å². The number of fused-ring (bicyclic) bond motifs is 1. The van der Waals surface area contributed by atoms with Crippen LogP contribution in [0.4, 0.5) is 0 Å². The van der Waals surface area contributed by atoms with Gasteiger partial charge < -0.3 is 10.1 Å². The zero-order chi connectivity index (χ0) is 20.2. The summed E-state index contributed by atoms with van der Waals surface area (Å²) in [6, 6.07) is 18.7. The largest absolute Gasteiger partial charge is 0.496 e. The van der Waals surface area contributed by atoms with Crippen molar-refractivity contribution in [3.63, 3.8) is 0 Å². The third kappa shape index (κ3) is 3.86. The molecule has 1 amide bonds. The van der Waals surface area contributed by atoms with Crippen LogP contribution in [-0.2, 0) is 17.8 Å². The molecule has 4 aromatic rings. The molecule has 0 radical (unpaired) electrons. The molecule has 2 aromatic carbocycles. The predicted octanol–water partition coefficient (Wildman–Crippen LogP) is 1.95. The second-order valence-corrected chi connectivity index (χ2v) is 6.43. The van der Waals surface area contributed by atoms with Crippen LogP contribution in [0.5, 0.6) is 5.75 Å². The van der Waals surface area contributed by atoms with E-state index < -0.39 is 0 Å². The molecule has 8 heteroatoms. The van der Waals surface area contributed by atoms with E-state index in [9.17, 15) is 9.59 Å². The maximum Gasteiger partial charge on any atom is 0.290 e. The number of hydrogen-bond acceptors (Lipinski definition) is 5. The van der Waals surface area contributed by atoms with Crippen molar-refractivity contribution in [2.24, 2.45) is 0 Å². The summed E-state index contributed by atoms with van der Waals surface area (Å²) in [6.07, 6.45) is -0.0294. The van der Waals surface area contributed by atoms with Crippen LogP contribution in [-0.4, -0.2) is 32.8 Å². The first-order valence-electron chi connectivity index (χ1n) is 9.07. The fraction of sp³-hybridized carbons (Fsp3) is 0.143. The van der Waals surface area contributed by atoms with Crippen molar-refractivity contribution >= 4 is 11.4 Å². The number of aromatic amines is 1. The van der Waals surface area contributed by atoms with E-state index in [1.54, 1.807) is 13.2 Å². The standard InChI is InChI=1S/C21H19N5O3/c1-29-18-10-6-5-9-15(18)13-22-20(27)12-19-23-24-21(28)17-11-16(25-26(17)19)14-7-3-2-4-8-14/h2-11H,12-13H2,1H3,(H,22,27)(H,24,28). The second-order valence-electron chi connectivity index (χ2n) is 6.43. The zero-order valence-corrected chi connectivity index (χ0v) is 15.8. The van der Waals surface area contributed by atoms with Crippen molar-refractivity contribution in [3.05, 3.63) is 82.4 Å². The van der Waals surface area contributed by atoms with Crippen LogP contribution in [0.3, 0.4) is 0 Å². The van der Waals surface area contributed by atoms with E-state index in [-0.39, 0.29) is 17.9 Å². The number of methoxy groups -OCH3 is 1. The fourth-order valence-corrected chi connectivity index (χ4v) is 3.07. The Morgan fingerprint density at radius 3 is 2.69 bits per heavy atom. The molecule has 8 nitrogen and oxygen atoms in total. The van der Waals surface area contributed by atoms with Crippen LogP contribution in [0.1, 0.15) is 11.4 Å². The first-order chi connectivity index (χ1) is 14.2. The van der Waals surface area contributed by atoms with Gasteiger partial charge in [0.2, 0.25) is 5.91 Å². The molecule has 4 rings (SSSR count). The van der Waals surface area contributed by atoms with Crippen LogP contribution < -0.4 is 15.6 Å². The van der Waals surface area contributed by atoms with Gasteiger partial charge in [0.15, 0.2) is 5.82 Å². The molecular weight excluding hydrogens is 370 g/mol. The van der Waals surface area contributed by atoms with Gasteiger partial charge in [-0.3, -0.25) is 9.59 Å². The predicted molar refractivity (Wildman–Crippen MR) is 108 cm³/mol. The lowest BCUT2D eigenvalue weighted by molar-refractivity contribution is -0.120. The van der Waals surface area contributed by atoms with Crippen molar-refractivity contribution in [1.29, 1.82) is 0 Å². The van der Waals surface area contributed by atoms with Gasteiger partial charge in [0.1, 0.15) is 11.3 Å². The van der Waals surface area contributed by atoms with Crippen molar-refractivity contribution < 1.29 is 9.53 Å². The van der Waals surface area contributed by atoms with Crippen LogP contribution in [0.2, 0.25) is 0 Å². The van der Waals surface area contributed by atoms with E-state index in [0.717, 1.165) is 11.1 Å². The van der Waals surface area contributed by atoms with Gasteiger partial charge in [-0.25, -0.2) is 9.61 Å². The van der Waals surface area contributed by atoms with E-state index in [2.05, 4.69) is 20.6 Å². The summed E-state index contributed by atoms with van der Waals surface area (Å²) in [5, 5.41) is 13.8. The molecule has 29 heavy (non-hydrogen) atoms. The van der Waals surface area contributed by atoms with Gasteiger partial charge in [0.25, 0.3) is 5.56 Å². The maximum atomic E-state index is 12.5. The Bertz CT molecular complexity index is 1210. The number of rotatable bonds is 6. The number of hydrogen-bond donors (Lipinski definition) is 2. The second kappa shape index (κ2) is 7.97. The summed E-state index contributed by atoms with van der Waals surface area (Å²) in [7, 11) is 1.59. The number of H-pyrrole nitrogens is 1. The van der Waals surface area contributed by atoms with Gasteiger partial charge in [-0.2, -0.15) is 10.2 Å². The highest BCUT2D eigenvalue weighted by Crippen LogP contribution is 2.19. The molecule has 2 N–H and O–H groups in total. The molecule has 2 heterocycles.